The number of ether oxygens (including phenoxy) is 3. The predicted molar refractivity (Wildman–Crippen MR) is 94.2 cm³/mol. The lowest BCUT2D eigenvalue weighted by Crippen LogP contribution is -2.28. The minimum absolute atomic E-state index is 0.0584. The van der Waals surface area contributed by atoms with Crippen molar-refractivity contribution in [1.82, 2.24) is 5.32 Å². The maximum atomic E-state index is 12.1. The molecule has 1 aliphatic carbocycles. The second-order valence-electron chi connectivity index (χ2n) is 6.48. The molecular weight excluding hydrogens is 334 g/mol. The van der Waals surface area contributed by atoms with E-state index in [2.05, 4.69) is 5.32 Å². The number of nitrogens with one attached hydrogen (secondary N) is 1. The number of benzene rings is 2. The van der Waals surface area contributed by atoms with Gasteiger partial charge < -0.3 is 24.6 Å². The normalized spacial score (nSPS) is 17.5. The molecule has 0 spiro atoms. The van der Waals surface area contributed by atoms with Gasteiger partial charge in [0.05, 0.1) is 6.10 Å². The molecule has 1 amide bonds. The van der Waals surface area contributed by atoms with E-state index in [0.29, 0.717) is 18.0 Å². The van der Waals surface area contributed by atoms with E-state index >= 15 is 0 Å². The van der Waals surface area contributed by atoms with Crippen LogP contribution in [0.15, 0.2) is 36.4 Å². The number of hydrogen-bond donors (Lipinski definition) is 2. The molecule has 136 valence electrons. The Morgan fingerprint density at radius 2 is 2.12 bits per heavy atom. The third-order valence-corrected chi connectivity index (χ3v) is 4.72. The second-order valence-corrected chi connectivity index (χ2v) is 6.48. The van der Waals surface area contributed by atoms with Crippen LogP contribution in [0.3, 0.4) is 0 Å². The molecule has 1 aliphatic heterocycles. The molecular formula is C20H21NO5. The number of rotatable bonds is 5. The Balaban J connectivity index is 1.33. The van der Waals surface area contributed by atoms with Gasteiger partial charge in [-0.15, -0.1) is 0 Å². The van der Waals surface area contributed by atoms with Crippen molar-refractivity contribution >= 4 is 5.91 Å². The first-order chi connectivity index (χ1) is 12.7. The van der Waals surface area contributed by atoms with Crippen LogP contribution in [0.5, 0.6) is 17.2 Å². The number of amides is 1. The summed E-state index contributed by atoms with van der Waals surface area (Å²) < 4.78 is 16.3. The van der Waals surface area contributed by atoms with Gasteiger partial charge in [0, 0.05) is 6.54 Å². The maximum Gasteiger partial charge on any atom is 0.258 e. The van der Waals surface area contributed by atoms with Crippen LogP contribution in [0.25, 0.3) is 0 Å². The summed E-state index contributed by atoms with van der Waals surface area (Å²) in [5.74, 6) is 1.90. The monoisotopic (exact) mass is 355 g/mol. The highest BCUT2D eigenvalue weighted by atomic mass is 16.7. The van der Waals surface area contributed by atoms with Gasteiger partial charge in [-0.1, -0.05) is 18.2 Å². The number of fused-ring (bicyclic) bond motifs is 2. The largest absolute Gasteiger partial charge is 0.483 e. The molecule has 2 aliphatic rings. The molecule has 0 bridgehead atoms. The number of carbonyl (C=O) groups is 1. The molecule has 1 heterocycles. The summed E-state index contributed by atoms with van der Waals surface area (Å²) in [5, 5.41) is 12.9. The first kappa shape index (κ1) is 16.7. The Kier molecular flexibility index (Phi) is 4.67. The van der Waals surface area contributed by atoms with Crippen LogP contribution in [0.4, 0.5) is 0 Å². The highest BCUT2D eigenvalue weighted by Crippen LogP contribution is 2.35. The third-order valence-electron chi connectivity index (χ3n) is 4.72. The Morgan fingerprint density at radius 1 is 1.23 bits per heavy atom. The van der Waals surface area contributed by atoms with E-state index in [4.69, 9.17) is 14.2 Å². The molecule has 2 N–H and O–H groups in total. The molecule has 0 unspecified atom stereocenters. The molecule has 26 heavy (non-hydrogen) atoms. The van der Waals surface area contributed by atoms with E-state index in [-0.39, 0.29) is 19.3 Å². The summed E-state index contributed by atoms with van der Waals surface area (Å²) in [5.41, 5.74) is 2.85. The number of aliphatic hydroxyl groups is 1. The van der Waals surface area contributed by atoms with Gasteiger partial charge in [-0.3, -0.25) is 4.79 Å². The summed E-state index contributed by atoms with van der Waals surface area (Å²) in [7, 11) is 0. The Hall–Kier alpha value is -2.73. The van der Waals surface area contributed by atoms with Gasteiger partial charge in [-0.25, -0.2) is 0 Å². The molecule has 2 aromatic carbocycles. The van der Waals surface area contributed by atoms with Crippen molar-refractivity contribution in [2.24, 2.45) is 0 Å². The average molecular weight is 355 g/mol. The lowest BCUT2D eigenvalue weighted by Gasteiger charge is -2.23. The van der Waals surface area contributed by atoms with Crippen molar-refractivity contribution in [3.8, 4) is 17.2 Å². The molecule has 0 fully saturated rings. The lowest BCUT2D eigenvalue weighted by molar-refractivity contribution is -0.123. The number of hydrogen-bond acceptors (Lipinski definition) is 5. The zero-order chi connectivity index (χ0) is 17.9. The fourth-order valence-electron chi connectivity index (χ4n) is 3.37. The topological polar surface area (TPSA) is 77.0 Å². The highest BCUT2D eigenvalue weighted by Gasteiger charge is 2.21. The van der Waals surface area contributed by atoms with E-state index in [9.17, 15) is 9.90 Å². The van der Waals surface area contributed by atoms with Crippen molar-refractivity contribution < 1.29 is 24.1 Å². The molecule has 0 radical (unpaired) electrons. The average Bonchev–Trinajstić information content (AvgIpc) is 3.13. The van der Waals surface area contributed by atoms with Crippen molar-refractivity contribution in [3.05, 3.63) is 53.1 Å². The van der Waals surface area contributed by atoms with E-state index in [1.807, 2.05) is 36.4 Å². The maximum absolute atomic E-state index is 12.1. The summed E-state index contributed by atoms with van der Waals surface area (Å²) >= 11 is 0. The van der Waals surface area contributed by atoms with Crippen molar-refractivity contribution in [2.45, 2.75) is 31.9 Å². The molecule has 1 atom stereocenters. The first-order valence-electron chi connectivity index (χ1n) is 8.78. The standard InChI is InChI=1S/C20H21NO5/c22-16-5-1-4-15-14(16)3-2-6-17(15)24-11-20(23)21-10-13-7-8-18-19(9-13)26-12-25-18/h2-3,6-9,16,22H,1,4-5,10-12H2,(H,21,23)/t16-/m0/s1. The van der Waals surface area contributed by atoms with Gasteiger partial charge in [-0.05, 0) is 54.2 Å². The number of carbonyl (C=O) groups excluding carboxylic acids is 1. The van der Waals surface area contributed by atoms with Crippen LogP contribution in [0, 0.1) is 0 Å². The fraction of sp³-hybridized carbons (Fsp3) is 0.350. The van der Waals surface area contributed by atoms with E-state index < -0.39 is 6.10 Å². The smallest absolute Gasteiger partial charge is 0.258 e. The minimum Gasteiger partial charge on any atom is -0.483 e. The van der Waals surface area contributed by atoms with Crippen LogP contribution in [0.2, 0.25) is 0 Å². The van der Waals surface area contributed by atoms with Crippen LogP contribution in [-0.4, -0.2) is 24.4 Å². The third kappa shape index (κ3) is 3.46. The summed E-state index contributed by atoms with van der Waals surface area (Å²) in [6.45, 7) is 0.566. The molecule has 6 heteroatoms. The molecule has 0 saturated carbocycles. The van der Waals surface area contributed by atoms with Crippen LogP contribution in [-0.2, 0) is 17.8 Å². The molecule has 0 aromatic heterocycles. The van der Waals surface area contributed by atoms with E-state index in [0.717, 1.165) is 41.7 Å². The van der Waals surface area contributed by atoms with Gasteiger partial charge >= 0.3 is 0 Å². The Labute approximate surface area is 151 Å². The van der Waals surface area contributed by atoms with Gasteiger partial charge in [0.25, 0.3) is 5.91 Å². The summed E-state index contributed by atoms with van der Waals surface area (Å²) in [4.78, 5) is 12.1. The highest BCUT2D eigenvalue weighted by molar-refractivity contribution is 5.77. The minimum atomic E-state index is -0.442. The van der Waals surface area contributed by atoms with Crippen molar-refractivity contribution in [3.63, 3.8) is 0 Å². The predicted octanol–water partition coefficient (Wildman–Crippen LogP) is 2.48. The van der Waals surface area contributed by atoms with E-state index in [1.165, 1.54) is 0 Å². The first-order valence-corrected chi connectivity index (χ1v) is 8.78. The van der Waals surface area contributed by atoms with Crippen LogP contribution in [0.1, 0.15) is 35.6 Å². The van der Waals surface area contributed by atoms with Crippen molar-refractivity contribution in [1.29, 1.82) is 0 Å². The Morgan fingerprint density at radius 3 is 3.04 bits per heavy atom. The van der Waals surface area contributed by atoms with Gasteiger partial charge in [0.15, 0.2) is 18.1 Å². The molecule has 6 nitrogen and oxygen atoms in total. The summed E-state index contributed by atoms with van der Waals surface area (Å²) in [6.07, 6.45) is 2.11. The summed E-state index contributed by atoms with van der Waals surface area (Å²) in [6, 6.07) is 11.2. The number of aliphatic hydroxyl groups excluding tert-OH is 1. The lowest BCUT2D eigenvalue weighted by atomic mass is 9.89. The Bertz CT molecular complexity index is 820. The van der Waals surface area contributed by atoms with E-state index in [1.54, 1.807) is 0 Å². The van der Waals surface area contributed by atoms with Gasteiger partial charge in [-0.2, -0.15) is 0 Å². The van der Waals surface area contributed by atoms with Gasteiger partial charge in [0.2, 0.25) is 6.79 Å². The van der Waals surface area contributed by atoms with Crippen LogP contribution >= 0.6 is 0 Å². The second kappa shape index (κ2) is 7.25. The zero-order valence-electron chi connectivity index (χ0n) is 14.4. The van der Waals surface area contributed by atoms with Gasteiger partial charge in [0.1, 0.15) is 5.75 Å². The van der Waals surface area contributed by atoms with Crippen molar-refractivity contribution in [2.75, 3.05) is 13.4 Å². The molecule has 0 saturated heterocycles. The molecule has 4 rings (SSSR count). The zero-order valence-corrected chi connectivity index (χ0v) is 14.4. The molecule has 2 aromatic rings. The fourth-order valence-corrected chi connectivity index (χ4v) is 3.37. The van der Waals surface area contributed by atoms with Crippen LogP contribution < -0.4 is 19.5 Å². The quantitative estimate of drug-likeness (QED) is 0.862. The SMILES string of the molecule is O=C(COc1cccc2c1CCC[C@@H]2O)NCc1ccc2c(c1)OCO2.